The van der Waals surface area contributed by atoms with Crippen LogP contribution < -0.4 is 0 Å². The molecule has 1 fully saturated rings. The Morgan fingerprint density at radius 3 is 2.75 bits per heavy atom. The van der Waals surface area contributed by atoms with Crippen molar-refractivity contribution in [1.82, 2.24) is 4.90 Å². The number of carbonyl (C=O) groups excluding carboxylic acids is 1. The van der Waals surface area contributed by atoms with Crippen LogP contribution in [0.5, 0.6) is 0 Å². The van der Waals surface area contributed by atoms with E-state index >= 15 is 0 Å². The van der Waals surface area contributed by atoms with Crippen molar-refractivity contribution in [1.29, 1.82) is 0 Å². The van der Waals surface area contributed by atoms with Gasteiger partial charge in [0.2, 0.25) is 0 Å². The molecule has 0 aliphatic carbocycles. The molecule has 0 amide bonds. The SMILES string of the molecule is Cc1ccccc1C(=O)CCN1CC(C)OC(C)(C)C1. The number of rotatable bonds is 4. The largest absolute Gasteiger partial charge is 0.370 e. The van der Waals surface area contributed by atoms with E-state index in [-0.39, 0.29) is 17.5 Å². The zero-order valence-corrected chi connectivity index (χ0v) is 13.0. The lowest BCUT2D eigenvalue weighted by molar-refractivity contribution is -0.128. The first-order chi connectivity index (χ1) is 9.37. The first-order valence-corrected chi connectivity index (χ1v) is 7.36. The third-order valence-corrected chi connectivity index (χ3v) is 3.74. The summed E-state index contributed by atoms with van der Waals surface area (Å²) >= 11 is 0. The highest BCUT2D eigenvalue weighted by Crippen LogP contribution is 2.21. The summed E-state index contributed by atoms with van der Waals surface area (Å²) in [6.07, 6.45) is 0.806. The standard InChI is InChI=1S/C17H25NO2/c1-13-7-5-6-8-15(13)16(19)9-10-18-11-14(2)20-17(3,4)12-18/h5-8,14H,9-12H2,1-4H3. The number of ketones is 1. The lowest BCUT2D eigenvalue weighted by Gasteiger charge is -2.41. The Balaban J connectivity index is 1.92. The Labute approximate surface area is 121 Å². The fourth-order valence-corrected chi connectivity index (χ4v) is 3.04. The van der Waals surface area contributed by atoms with Crippen molar-refractivity contribution >= 4 is 5.78 Å². The van der Waals surface area contributed by atoms with Gasteiger partial charge >= 0.3 is 0 Å². The van der Waals surface area contributed by atoms with Gasteiger partial charge in [-0.2, -0.15) is 0 Å². The highest BCUT2D eigenvalue weighted by atomic mass is 16.5. The molecule has 0 radical (unpaired) electrons. The van der Waals surface area contributed by atoms with E-state index in [1.54, 1.807) is 0 Å². The molecule has 0 aromatic heterocycles. The smallest absolute Gasteiger partial charge is 0.164 e. The van der Waals surface area contributed by atoms with E-state index in [2.05, 4.69) is 25.7 Å². The fraction of sp³-hybridized carbons (Fsp3) is 0.588. The molecule has 1 aromatic rings. The normalized spacial score (nSPS) is 22.7. The van der Waals surface area contributed by atoms with Gasteiger partial charge in [-0.15, -0.1) is 0 Å². The van der Waals surface area contributed by atoms with Crippen LogP contribution in [0.25, 0.3) is 0 Å². The second-order valence-electron chi connectivity index (χ2n) is 6.41. The van der Waals surface area contributed by atoms with Gasteiger partial charge in [-0.25, -0.2) is 0 Å². The summed E-state index contributed by atoms with van der Waals surface area (Å²) in [6, 6.07) is 7.81. The lowest BCUT2D eigenvalue weighted by atomic mass is 10.0. The number of nitrogens with zero attached hydrogens (tertiary/aromatic N) is 1. The van der Waals surface area contributed by atoms with Crippen molar-refractivity contribution in [3.8, 4) is 0 Å². The molecule has 1 aromatic carbocycles. The topological polar surface area (TPSA) is 29.5 Å². The number of hydrogen-bond acceptors (Lipinski definition) is 3. The molecule has 1 aliphatic rings. The van der Waals surface area contributed by atoms with Crippen molar-refractivity contribution in [3.05, 3.63) is 35.4 Å². The highest BCUT2D eigenvalue weighted by Gasteiger charge is 2.31. The number of morpholine rings is 1. The minimum atomic E-state index is -0.122. The molecule has 0 saturated carbocycles. The zero-order chi connectivity index (χ0) is 14.8. The molecular weight excluding hydrogens is 250 g/mol. The molecule has 1 unspecified atom stereocenters. The Morgan fingerprint density at radius 2 is 2.10 bits per heavy atom. The molecule has 0 spiro atoms. The Kier molecular flexibility index (Phi) is 4.61. The lowest BCUT2D eigenvalue weighted by Crippen LogP contribution is -2.52. The van der Waals surface area contributed by atoms with Crippen LogP contribution in [0.3, 0.4) is 0 Å². The average Bonchev–Trinajstić information content (AvgIpc) is 2.34. The maximum Gasteiger partial charge on any atom is 0.164 e. The summed E-state index contributed by atoms with van der Waals surface area (Å²) in [4.78, 5) is 14.6. The molecule has 3 nitrogen and oxygen atoms in total. The predicted octanol–water partition coefficient (Wildman–Crippen LogP) is 3.07. The van der Waals surface area contributed by atoms with Gasteiger partial charge in [0, 0.05) is 31.6 Å². The van der Waals surface area contributed by atoms with Crippen LogP contribution in [0.4, 0.5) is 0 Å². The maximum absolute atomic E-state index is 12.3. The van der Waals surface area contributed by atoms with Gasteiger partial charge < -0.3 is 4.74 Å². The van der Waals surface area contributed by atoms with Gasteiger partial charge in [0.15, 0.2) is 5.78 Å². The van der Waals surface area contributed by atoms with E-state index in [9.17, 15) is 4.79 Å². The summed E-state index contributed by atoms with van der Waals surface area (Å²) < 4.78 is 5.89. The molecule has 1 saturated heterocycles. The number of ether oxygens (including phenoxy) is 1. The molecular formula is C17H25NO2. The van der Waals surface area contributed by atoms with Crippen LogP contribution in [0.1, 0.15) is 43.1 Å². The third kappa shape index (κ3) is 3.90. The molecule has 1 atom stereocenters. The van der Waals surface area contributed by atoms with Crippen molar-refractivity contribution in [2.75, 3.05) is 19.6 Å². The maximum atomic E-state index is 12.3. The molecule has 0 N–H and O–H groups in total. The summed E-state index contributed by atoms with van der Waals surface area (Å²) in [6.45, 7) is 10.9. The average molecular weight is 275 g/mol. The summed E-state index contributed by atoms with van der Waals surface area (Å²) in [5, 5.41) is 0. The van der Waals surface area contributed by atoms with Crippen molar-refractivity contribution in [2.24, 2.45) is 0 Å². The van der Waals surface area contributed by atoms with E-state index in [0.29, 0.717) is 6.42 Å². The molecule has 1 heterocycles. The van der Waals surface area contributed by atoms with E-state index in [0.717, 1.165) is 30.8 Å². The van der Waals surface area contributed by atoms with E-state index in [1.165, 1.54) is 0 Å². The predicted molar refractivity (Wildman–Crippen MR) is 81.2 cm³/mol. The fourth-order valence-electron chi connectivity index (χ4n) is 3.04. The first kappa shape index (κ1) is 15.2. The number of hydrogen-bond donors (Lipinski definition) is 0. The van der Waals surface area contributed by atoms with Crippen molar-refractivity contribution in [3.63, 3.8) is 0 Å². The van der Waals surface area contributed by atoms with E-state index < -0.39 is 0 Å². The van der Waals surface area contributed by atoms with Gasteiger partial charge in [-0.3, -0.25) is 9.69 Å². The Morgan fingerprint density at radius 1 is 1.40 bits per heavy atom. The van der Waals surface area contributed by atoms with Gasteiger partial charge in [0.1, 0.15) is 0 Å². The quantitative estimate of drug-likeness (QED) is 0.791. The molecule has 0 bridgehead atoms. The zero-order valence-electron chi connectivity index (χ0n) is 13.0. The Bertz CT molecular complexity index is 482. The van der Waals surface area contributed by atoms with Gasteiger partial charge in [0.05, 0.1) is 11.7 Å². The third-order valence-electron chi connectivity index (χ3n) is 3.74. The van der Waals surface area contributed by atoms with Crippen molar-refractivity contribution in [2.45, 2.75) is 45.8 Å². The number of benzene rings is 1. The number of carbonyl (C=O) groups is 1. The van der Waals surface area contributed by atoms with Crippen molar-refractivity contribution < 1.29 is 9.53 Å². The van der Waals surface area contributed by atoms with Gasteiger partial charge in [0.25, 0.3) is 0 Å². The van der Waals surface area contributed by atoms with E-state index in [1.807, 2.05) is 31.2 Å². The van der Waals surface area contributed by atoms with Gasteiger partial charge in [-0.05, 0) is 33.3 Å². The number of aryl methyl sites for hydroxylation is 1. The van der Waals surface area contributed by atoms with Crippen LogP contribution in [-0.2, 0) is 4.74 Å². The highest BCUT2D eigenvalue weighted by molar-refractivity contribution is 5.97. The van der Waals surface area contributed by atoms with Crippen LogP contribution in [0, 0.1) is 6.92 Å². The van der Waals surface area contributed by atoms with Crippen LogP contribution >= 0.6 is 0 Å². The van der Waals surface area contributed by atoms with E-state index in [4.69, 9.17) is 4.74 Å². The van der Waals surface area contributed by atoms with Crippen LogP contribution in [0.2, 0.25) is 0 Å². The number of Topliss-reactive ketones (excluding diaryl/α,β-unsaturated/α-hetero) is 1. The molecule has 2 rings (SSSR count). The minimum Gasteiger partial charge on any atom is -0.370 e. The minimum absolute atomic E-state index is 0.122. The van der Waals surface area contributed by atoms with Gasteiger partial charge in [-0.1, -0.05) is 24.3 Å². The second-order valence-corrected chi connectivity index (χ2v) is 6.41. The summed E-state index contributed by atoms with van der Waals surface area (Å²) in [5.41, 5.74) is 1.80. The molecule has 1 aliphatic heterocycles. The molecule has 20 heavy (non-hydrogen) atoms. The van der Waals surface area contributed by atoms with Crippen LogP contribution in [-0.4, -0.2) is 42.0 Å². The second kappa shape index (κ2) is 6.06. The first-order valence-electron chi connectivity index (χ1n) is 7.36. The molecule has 110 valence electrons. The summed E-state index contributed by atoms with van der Waals surface area (Å²) in [7, 11) is 0. The summed E-state index contributed by atoms with van der Waals surface area (Å²) in [5.74, 6) is 0.236. The van der Waals surface area contributed by atoms with Crippen LogP contribution in [0.15, 0.2) is 24.3 Å². The monoisotopic (exact) mass is 275 g/mol. The Hall–Kier alpha value is -1.19. The molecule has 3 heteroatoms.